The molecule has 0 aliphatic heterocycles. The van der Waals surface area contributed by atoms with Crippen molar-refractivity contribution in [3.05, 3.63) is 94.5 Å². The van der Waals surface area contributed by atoms with Gasteiger partial charge in [-0.05, 0) is 43.7 Å². The molecule has 1 N–H and O–H groups in total. The van der Waals surface area contributed by atoms with Crippen LogP contribution in [-0.4, -0.2) is 32.6 Å². The normalized spacial score (nSPS) is 11.1. The highest BCUT2D eigenvalue weighted by Crippen LogP contribution is 2.28. The number of nitrogens with one attached hydrogen (secondary N) is 1. The second-order valence-electron chi connectivity index (χ2n) is 7.48. The van der Waals surface area contributed by atoms with Gasteiger partial charge in [0.1, 0.15) is 0 Å². The molecule has 8 heteroatoms. The number of carbonyl (C=O) groups is 1. The van der Waals surface area contributed by atoms with Gasteiger partial charge >= 0.3 is 0 Å². The van der Waals surface area contributed by atoms with Crippen LogP contribution in [0.3, 0.4) is 0 Å². The predicted molar refractivity (Wildman–Crippen MR) is 134 cm³/mol. The highest BCUT2D eigenvalue weighted by atomic mass is 35.5. The largest absolute Gasteiger partial charge is 0.272 e. The summed E-state index contributed by atoms with van der Waals surface area (Å²) < 4.78 is 1.97. The van der Waals surface area contributed by atoms with Crippen LogP contribution in [0.2, 0.25) is 5.02 Å². The molecule has 4 rings (SSSR count). The fourth-order valence-corrected chi connectivity index (χ4v) is 3.94. The van der Waals surface area contributed by atoms with Crippen LogP contribution in [0.4, 0.5) is 0 Å². The van der Waals surface area contributed by atoms with E-state index in [1.54, 1.807) is 18.3 Å². The maximum Gasteiger partial charge on any atom is 0.250 e. The third-order valence-corrected chi connectivity index (χ3v) is 6.02. The molecule has 4 aromatic rings. The average Bonchev–Trinajstić information content (AvgIpc) is 3.24. The first kappa shape index (κ1) is 22.8. The highest BCUT2D eigenvalue weighted by Gasteiger charge is 2.17. The monoisotopic (exact) mass is 475 g/mol. The zero-order chi connectivity index (χ0) is 23.2. The van der Waals surface area contributed by atoms with Crippen molar-refractivity contribution in [3.63, 3.8) is 0 Å². The zero-order valence-corrected chi connectivity index (χ0v) is 19.8. The molecule has 0 saturated heterocycles. The van der Waals surface area contributed by atoms with E-state index in [4.69, 9.17) is 11.6 Å². The summed E-state index contributed by atoms with van der Waals surface area (Å²) in [6.07, 6.45) is 1.57. The molecule has 0 aliphatic rings. The number of carbonyl (C=O) groups excluding carboxylic acids is 1. The van der Waals surface area contributed by atoms with Gasteiger partial charge in [-0.25, -0.2) is 5.43 Å². The summed E-state index contributed by atoms with van der Waals surface area (Å²) in [4.78, 5) is 12.3. The first-order valence-corrected chi connectivity index (χ1v) is 11.7. The number of aromatic nitrogens is 3. The number of thioether (sulfide) groups is 1. The fourth-order valence-electron chi connectivity index (χ4n) is 3.07. The number of halogens is 1. The van der Waals surface area contributed by atoms with Crippen LogP contribution in [0.25, 0.3) is 17.1 Å². The average molecular weight is 476 g/mol. The lowest BCUT2D eigenvalue weighted by molar-refractivity contribution is -0.118. The Hall–Kier alpha value is -3.42. The van der Waals surface area contributed by atoms with E-state index < -0.39 is 0 Å². The Balaban J connectivity index is 1.51. The van der Waals surface area contributed by atoms with Gasteiger partial charge in [0, 0.05) is 16.3 Å². The molecular formula is C25H22ClN5OS. The van der Waals surface area contributed by atoms with E-state index in [0.717, 1.165) is 28.2 Å². The van der Waals surface area contributed by atoms with E-state index in [1.807, 2.05) is 79.1 Å². The van der Waals surface area contributed by atoms with Crippen molar-refractivity contribution in [1.29, 1.82) is 0 Å². The number of hydrogen-bond donors (Lipinski definition) is 1. The third kappa shape index (κ3) is 5.88. The van der Waals surface area contributed by atoms with E-state index in [1.165, 1.54) is 17.3 Å². The van der Waals surface area contributed by atoms with E-state index >= 15 is 0 Å². The first-order valence-electron chi connectivity index (χ1n) is 10.3. The summed E-state index contributed by atoms with van der Waals surface area (Å²) in [5, 5.41) is 14.1. The Morgan fingerprint density at radius 3 is 2.27 bits per heavy atom. The van der Waals surface area contributed by atoms with Gasteiger partial charge in [0.25, 0.3) is 5.91 Å². The molecule has 6 nitrogen and oxygen atoms in total. The Morgan fingerprint density at radius 2 is 1.61 bits per heavy atom. The van der Waals surface area contributed by atoms with Gasteiger partial charge in [-0.3, -0.25) is 9.36 Å². The Bertz CT molecular complexity index is 1270. The topological polar surface area (TPSA) is 72.2 Å². The molecule has 0 spiro atoms. The lowest BCUT2D eigenvalue weighted by Crippen LogP contribution is -2.20. The van der Waals surface area contributed by atoms with E-state index in [0.29, 0.717) is 10.2 Å². The maximum absolute atomic E-state index is 12.3. The van der Waals surface area contributed by atoms with Crippen LogP contribution in [-0.2, 0) is 4.79 Å². The van der Waals surface area contributed by atoms with E-state index in [2.05, 4.69) is 20.7 Å². The van der Waals surface area contributed by atoms with Gasteiger partial charge in [0.05, 0.1) is 12.0 Å². The van der Waals surface area contributed by atoms with Gasteiger partial charge in [-0.1, -0.05) is 83.0 Å². The number of amides is 1. The summed E-state index contributed by atoms with van der Waals surface area (Å²) in [6.45, 7) is 4.09. The molecule has 1 aromatic heterocycles. The summed E-state index contributed by atoms with van der Waals surface area (Å²) in [5.41, 5.74) is 7.61. The molecule has 0 radical (unpaired) electrons. The number of rotatable bonds is 7. The van der Waals surface area contributed by atoms with Gasteiger partial charge in [0.15, 0.2) is 11.0 Å². The van der Waals surface area contributed by atoms with Crippen molar-refractivity contribution in [2.75, 3.05) is 5.75 Å². The summed E-state index contributed by atoms with van der Waals surface area (Å²) in [5.74, 6) is 0.638. The first-order chi connectivity index (χ1) is 16.0. The van der Waals surface area contributed by atoms with Crippen molar-refractivity contribution in [2.45, 2.75) is 19.0 Å². The minimum atomic E-state index is -0.236. The minimum absolute atomic E-state index is 0.149. The molecule has 1 heterocycles. The standard InChI is InChI=1S/C25H22ClN5OS/c1-17-3-9-20(10-4-17)24-29-30-25(31(24)22-13-5-18(2)6-14-22)33-16-23(32)28-27-15-19-7-11-21(26)12-8-19/h3-15H,16H2,1-2H3,(H,28,32). The van der Waals surface area contributed by atoms with Crippen molar-refractivity contribution in [1.82, 2.24) is 20.2 Å². The summed E-state index contributed by atoms with van der Waals surface area (Å²) in [6, 6.07) is 23.5. The lowest BCUT2D eigenvalue weighted by atomic mass is 10.1. The van der Waals surface area contributed by atoms with Crippen molar-refractivity contribution < 1.29 is 4.79 Å². The van der Waals surface area contributed by atoms with Crippen LogP contribution in [0, 0.1) is 13.8 Å². The predicted octanol–water partition coefficient (Wildman–Crippen LogP) is 5.45. The molecule has 1 amide bonds. The SMILES string of the molecule is Cc1ccc(-c2nnc(SCC(=O)NN=Cc3ccc(Cl)cc3)n2-c2ccc(C)cc2)cc1. The molecule has 0 aliphatic carbocycles. The smallest absolute Gasteiger partial charge is 0.250 e. The number of nitrogens with zero attached hydrogens (tertiary/aromatic N) is 4. The second kappa shape index (κ2) is 10.5. The third-order valence-electron chi connectivity index (χ3n) is 4.84. The summed E-state index contributed by atoms with van der Waals surface area (Å²) in [7, 11) is 0. The van der Waals surface area contributed by atoms with Crippen molar-refractivity contribution >= 4 is 35.5 Å². The molecule has 33 heavy (non-hydrogen) atoms. The van der Waals surface area contributed by atoms with Crippen LogP contribution in [0.15, 0.2) is 83.1 Å². The van der Waals surface area contributed by atoms with Crippen LogP contribution >= 0.6 is 23.4 Å². The number of hydrazone groups is 1. The molecule has 0 bridgehead atoms. The second-order valence-corrected chi connectivity index (χ2v) is 8.86. The molecule has 0 unspecified atom stereocenters. The number of benzene rings is 3. The van der Waals surface area contributed by atoms with Gasteiger partial charge < -0.3 is 0 Å². The molecule has 0 saturated carbocycles. The van der Waals surface area contributed by atoms with Crippen molar-refractivity contribution in [2.24, 2.45) is 5.10 Å². The van der Waals surface area contributed by atoms with Crippen LogP contribution in [0.5, 0.6) is 0 Å². The van der Waals surface area contributed by atoms with E-state index in [9.17, 15) is 4.79 Å². The van der Waals surface area contributed by atoms with Gasteiger partial charge in [-0.15, -0.1) is 10.2 Å². The van der Waals surface area contributed by atoms with Crippen LogP contribution in [0.1, 0.15) is 16.7 Å². The lowest BCUT2D eigenvalue weighted by Gasteiger charge is -2.11. The minimum Gasteiger partial charge on any atom is -0.272 e. The quantitative estimate of drug-likeness (QED) is 0.219. The van der Waals surface area contributed by atoms with Gasteiger partial charge in [0.2, 0.25) is 0 Å². The Labute approximate surface area is 201 Å². The highest BCUT2D eigenvalue weighted by molar-refractivity contribution is 7.99. The van der Waals surface area contributed by atoms with Gasteiger partial charge in [-0.2, -0.15) is 5.10 Å². The van der Waals surface area contributed by atoms with Crippen LogP contribution < -0.4 is 5.43 Å². The van der Waals surface area contributed by atoms with E-state index in [-0.39, 0.29) is 11.7 Å². The molecule has 0 atom stereocenters. The fraction of sp³-hybridized carbons (Fsp3) is 0.120. The Morgan fingerprint density at radius 1 is 0.970 bits per heavy atom. The zero-order valence-electron chi connectivity index (χ0n) is 18.2. The molecule has 3 aromatic carbocycles. The number of hydrogen-bond acceptors (Lipinski definition) is 5. The molecular weight excluding hydrogens is 454 g/mol. The maximum atomic E-state index is 12.3. The molecule has 166 valence electrons. The summed E-state index contributed by atoms with van der Waals surface area (Å²) >= 11 is 7.19. The molecule has 0 fully saturated rings. The van der Waals surface area contributed by atoms with Crippen molar-refractivity contribution in [3.8, 4) is 17.1 Å². The Kier molecular flexibility index (Phi) is 7.22. The number of aryl methyl sites for hydroxylation is 2.